The molecule has 0 fully saturated rings. The molecular formula is C26H24ClF3N4O3. The van der Waals surface area contributed by atoms with E-state index in [1.807, 2.05) is 42.5 Å². The van der Waals surface area contributed by atoms with Crippen molar-refractivity contribution in [2.75, 3.05) is 18.2 Å². The van der Waals surface area contributed by atoms with Crippen LogP contribution in [0.15, 0.2) is 65.9 Å². The summed E-state index contributed by atoms with van der Waals surface area (Å²) >= 11 is 6.07. The van der Waals surface area contributed by atoms with E-state index in [4.69, 9.17) is 26.2 Å². The van der Waals surface area contributed by atoms with Crippen LogP contribution in [0.1, 0.15) is 48.2 Å². The summed E-state index contributed by atoms with van der Waals surface area (Å²) in [6.45, 7) is 3.77. The maximum absolute atomic E-state index is 13.0. The summed E-state index contributed by atoms with van der Waals surface area (Å²) < 4.78 is 48.5. The van der Waals surface area contributed by atoms with Gasteiger partial charge in [-0.3, -0.25) is 0 Å². The van der Waals surface area contributed by atoms with Gasteiger partial charge in [0.25, 0.3) is 0 Å². The number of carbonyl (C=O) groups is 1. The molecule has 0 amide bonds. The molecule has 0 bridgehead atoms. The standard InChI is InChI=1S/C26H24ClF3N4O3/c1-25(2,3)37-23(35)19-13-31-24(36-15-26(28,29)30)32-22(19)34-14-20(16-7-5-4-6-8-16)21(33-34)17-9-11-18(27)12-10-17/h4-13,20H,14-15H2,1-3H3. The number of carbonyl (C=O) groups excluding carboxylic acids is 1. The summed E-state index contributed by atoms with van der Waals surface area (Å²) in [6.07, 6.45) is -3.49. The number of hydrogen-bond acceptors (Lipinski definition) is 7. The highest BCUT2D eigenvalue weighted by Crippen LogP contribution is 2.34. The average Bonchev–Trinajstić information content (AvgIpc) is 3.27. The quantitative estimate of drug-likeness (QED) is 0.361. The Kier molecular flexibility index (Phi) is 7.40. The number of ether oxygens (including phenoxy) is 2. The van der Waals surface area contributed by atoms with Crippen molar-refractivity contribution in [1.29, 1.82) is 0 Å². The zero-order valence-electron chi connectivity index (χ0n) is 20.3. The van der Waals surface area contributed by atoms with E-state index >= 15 is 0 Å². The Bertz CT molecular complexity index is 1290. The van der Waals surface area contributed by atoms with Crippen molar-refractivity contribution in [3.8, 4) is 6.01 Å². The van der Waals surface area contributed by atoms with Crippen molar-refractivity contribution >= 4 is 29.1 Å². The minimum absolute atomic E-state index is 0.0219. The van der Waals surface area contributed by atoms with Crippen LogP contribution >= 0.6 is 11.6 Å². The summed E-state index contributed by atoms with van der Waals surface area (Å²) in [5, 5.41) is 6.76. The number of benzene rings is 2. The molecule has 7 nitrogen and oxygen atoms in total. The fourth-order valence-corrected chi connectivity index (χ4v) is 3.83. The number of hydrazone groups is 1. The van der Waals surface area contributed by atoms with Crippen LogP contribution < -0.4 is 9.75 Å². The molecule has 1 atom stereocenters. The van der Waals surface area contributed by atoms with Gasteiger partial charge in [-0.2, -0.15) is 23.3 Å². The number of rotatable bonds is 6. The first-order valence-corrected chi connectivity index (χ1v) is 11.7. The minimum Gasteiger partial charge on any atom is -0.456 e. The second-order valence-electron chi connectivity index (χ2n) is 9.33. The SMILES string of the molecule is CC(C)(C)OC(=O)c1cnc(OCC(F)(F)F)nc1N1CC(c2ccccc2)C(c2ccc(Cl)cc2)=N1. The van der Waals surface area contributed by atoms with Crippen LogP contribution in [-0.2, 0) is 4.74 Å². The van der Waals surface area contributed by atoms with Crippen molar-refractivity contribution in [3.63, 3.8) is 0 Å². The zero-order chi connectivity index (χ0) is 26.8. The highest BCUT2D eigenvalue weighted by atomic mass is 35.5. The molecule has 194 valence electrons. The molecule has 1 aliphatic heterocycles. The van der Waals surface area contributed by atoms with Gasteiger partial charge in [0.1, 0.15) is 11.2 Å². The van der Waals surface area contributed by atoms with E-state index in [0.29, 0.717) is 10.7 Å². The van der Waals surface area contributed by atoms with Crippen LogP contribution in [0.3, 0.4) is 0 Å². The highest BCUT2D eigenvalue weighted by molar-refractivity contribution is 6.30. The first-order valence-electron chi connectivity index (χ1n) is 11.4. The molecule has 0 spiro atoms. The molecule has 0 radical (unpaired) electrons. The van der Waals surface area contributed by atoms with E-state index in [9.17, 15) is 18.0 Å². The molecule has 2 aromatic carbocycles. The molecule has 2 heterocycles. The molecule has 0 aliphatic carbocycles. The molecule has 1 aromatic heterocycles. The third kappa shape index (κ3) is 6.76. The second-order valence-corrected chi connectivity index (χ2v) is 9.77. The lowest BCUT2D eigenvalue weighted by molar-refractivity contribution is -0.154. The minimum atomic E-state index is -4.58. The molecule has 37 heavy (non-hydrogen) atoms. The summed E-state index contributed by atoms with van der Waals surface area (Å²) in [5.41, 5.74) is 1.55. The summed E-state index contributed by atoms with van der Waals surface area (Å²) in [4.78, 5) is 20.9. The number of alkyl halides is 3. The summed E-state index contributed by atoms with van der Waals surface area (Å²) in [7, 11) is 0. The van der Waals surface area contributed by atoms with E-state index < -0.39 is 30.4 Å². The molecule has 3 aromatic rings. The number of hydrogen-bond donors (Lipinski definition) is 0. The topological polar surface area (TPSA) is 76.9 Å². The van der Waals surface area contributed by atoms with Crippen molar-refractivity contribution in [1.82, 2.24) is 9.97 Å². The second kappa shape index (κ2) is 10.4. The van der Waals surface area contributed by atoms with Gasteiger partial charge < -0.3 is 9.47 Å². The van der Waals surface area contributed by atoms with Gasteiger partial charge in [-0.15, -0.1) is 0 Å². The lowest BCUT2D eigenvalue weighted by Crippen LogP contribution is -2.27. The maximum atomic E-state index is 13.0. The monoisotopic (exact) mass is 532 g/mol. The third-order valence-electron chi connectivity index (χ3n) is 5.23. The van der Waals surface area contributed by atoms with Gasteiger partial charge >= 0.3 is 18.2 Å². The Balaban J connectivity index is 1.78. The number of aromatic nitrogens is 2. The Morgan fingerprint density at radius 1 is 1.08 bits per heavy atom. The van der Waals surface area contributed by atoms with E-state index in [2.05, 4.69) is 9.97 Å². The Morgan fingerprint density at radius 3 is 2.38 bits per heavy atom. The molecular weight excluding hydrogens is 509 g/mol. The van der Waals surface area contributed by atoms with Crippen molar-refractivity contribution in [2.24, 2.45) is 5.10 Å². The van der Waals surface area contributed by atoms with Crippen LogP contribution in [0.4, 0.5) is 19.0 Å². The average molecular weight is 533 g/mol. The van der Waals surface area contributed by atoms with E-state index in [-0.39, 0.29) is 23.8 Å². The molecule has 1 aliphatic rings. The molecule has 0 saturated carbocycles. The number of halogens is 4. The Hall–Kier alpha value is -3.66. The predicted octanol–water partition coefficient (Wildman–Crippen LogP) is 6.03. The molecule has 4 rings (SSSR count). The number of esters is 1. The first kappa shape index (κ1) is 26.4. The van der Waals surface area contributed by atoms with Gasteiger partial charge in [0.05, 0.1) is 18.5 Å². The number of nitrogens with zero attached hydrogens (tertiary/aromatic N) is 4. The van der Waals surface area contributed by atoms with Crippen LogP contribution in [0, 0.1) is 0 Å². The van der Waals surface area contributed by atoms with E-state index in [0.717, 1.165) is 17.3 Å². The molecule has 11 heteroatoms. The van der Waals surface area contributed by atoms with Crippen LogP contribution in [0.5, 0.6) is 6.01 Å². The molecule has 0 saturated heterocycles. The summed E-state index contributed by atoms with van der Waals surface area (Å²) in [6, 6.07) is 16.2. The predicted molar refractivity (Wildman–Crippen MR) is 133 cm³/mol. The zero-order valence-corrected chi connectivity index (χ0v) is 21.0. The normalized spacial score (nSPS) is 15.9. The number of anilines is 1. The van der Waals surface area contributed by atoms with Gasteiger partial charge in [-0.05, 0) is 44.0 Å². The van der Waals surface area contributed by atoms with Crippen molar-refractivity contribution < 1.29 is 27.4 Å². The fraction of sp³-hybridized carbons (Fsp3) is 0.308. The van der Waals surface area contributed by atoms with Crippen LogP contribution in [-0.4, -0.2) is 46.6 Å². The van der Waals surface area contributed by atoms with Gasteiger partial charge in [0.2, 0.25) is 0 Å². The van der Waals surface area contributed by atoms with Gasteiger partial charge in [0.15, 0.2) is 12.4 Å². The van der Waals surface area contributed by atoms with E-state index in [1.54, 1.807) is 32.9 Å². The Labute approximate surface area is 216 Å². The molecule has 0 N–H and O–H groups in total. The van der Waals surface area contributed by atoms with Crippen LogP contribution in [0.25, 0.3) is 0 Å². The van der Waals surface area contributed by atoms with Crippen molar-refractivity contribution in [3.05, 3.63) is 82.5 Å². The van der Waals surface area contributed by atoms with Gasteiger partial charge in [-0.1, -0.05) is 54.1 Å². The smallest absolute Gasteiger partial charge is 0.422 e. The van der Waals surface area contributed by atoms with Gasteiger partial charge in [-0.25, -0.2) is 14.8 Å². The van der Waals surface area contributed by atoms with Gasteiger partial charge in [0, 0.05) is 10.9 Å². The lowest BCUT2D eigenvalue weighted by atomic mass is 9.91. The molecule has 1 unspecified atom stereocenters. The fourth-order valence-electron chi connectivity index (χ4n) is 3.71. The van der Waals surface area contributed by atoms with Crippen LogP contribution in [0.2, 0.25) is 5.02 Å². The van der Waals surface area contributed by atoms with E-state index in [1.165, 1.54) is 5.01 Å². The maximum Gasteiger partial charge on any atom is 0.422 e. The lowest BCUT2D eigenvalue weighted by Gasteiger charge is -2.22. The first-order chi connectivity index (χ1) is 17.4. The summed E-state index contributed by atoms with van der Waals surface area (Å²) in [5.74, 6) is -0.994. The highest BCUT2D eigenvalue weighted by Gasteiger charge is 2.35. The largest absolute Gasteiger partial charge is 0.456 e. The van der Waals surface area contributed by atoms with Crippen molar-refractivity contribution in [2.45, 2.75) is 38.5 Å². The third-order valence-corrected chi connectivity index (χ3v) is 5.48. The Morgan fingerprint density at radius 2 is 1.76 bits per heavy atom.